The largest absolute Gasteiger partial charge is 0.496 e. The van der Waals surface area contributed by atoms with Crippen molar-refractivity contribution in [3.05, 3.63) is 41.3 Å². The number of methoxy groups -OCH3 is 1. The van der Waals surface area contributed by atoms with Gasteiger partial charge < -0.3 is 28.8 Å². The van der Waals surface area contributed by atoms with Crippen molar-refractivity contribution in [1.29, 1.82) is 0 Å². The predicted molar refractivity (Wildman–Crippen MR) is 145 cm³/mol. The van der Waals surface area contributed by atoms with Crippen LogP contribution in [-0.4, -0.2) is 54.3 Å². The Balaban J connectivity index is 1.47. The summed E-state index contributed by atoms with van der Waals surface area (Å²) in [5.41, 5.74) is 3.60. The summed E-state index contributed by atoms with van der Waals surface area (Å²) in [7, 11) is 1.67. The fourth-order valence-corrected chi connectivity index (χ4v) is 9.13. The number of hydrogen-bond acceptors (Lipinski definition) is 7. The Kier molecular flexibility index (Phi) is 6.07. The van der Waals surface area contributed by atoms with Crippen molar-refractivity contribution < 1.29 is 33.6 Å². The average molecular weight is 539 g/mol. The van der Waals surface area contributed by atoms with E-state index in [1.54, 1.807) is 19.6 Å². The van der Waals surface area contributed by atoms with E-state index >= 15 is 0 Å². The van der Waals surface area contributed by atoms with E-state index in [-0.39, 0.29) is 23.7 Å². The molecule has 7 heteroatoms. The normalized spacial score (nSPS) is 40.9. The molecule has 0 amide bonds. The molecule has 212 valence electrons. The van der Waals surface area contributed by atoms with Crippen LogP contribution in [0.2, 0.25) is 0 Å². The van der Waals surface area contributed by atoms with Crippen LogP contribution in [0.3, 0.4) is 0 Å². The van der Waals surface area contributed by atoms with Gasteiger partial charge in [0, 0.05) is 39.7 Å². The summed E-state index contributed by atoms with van der Waals surface area (Å²) in [6, 6.07) is 4.02. The molecule has 2 N–H and O–H groups in total. The van der Waals surface area contributed by atoms with E-state index in [9.17, 15) is 15.0 Å². The number of ether oxygens (including phenoxy) is 3. The molecule has 1 saturated heterocycles. The van der Waals surface area contributed by atoms with E-state index in [0.717, 1.165) is 34.4 Å². The first-order valence-electron chi connectivity index (χ1n) is 14.4. The van der Waals surface area contributed by atoms with Gasteiger partial charge in [-0.05, 0) is 54.5 Å². The van der Waals surface area contributed by atoms with Crippen molar-refractivity contribution in [2.75, 3.05) is 13.7 Å². The summed E-state index contributed by atoms with van der Waals surface area (Å²) < 4.78 is 23.8. The van der Waals surface area contributed by atoms with Crippen LogP contribution in [0.5, 0.6) is 5.75 Å². The lowest BCUT2D eigenvalue weighted by molar-refractivity contribution is -0.237. The van der Waals surface area contributed by atoms with Gasteiger partial charge in [-0.15, -0.1) is 0 Å². The lowest BCUT2D eigenvalue weighted by Crippen LogP contribution is -2.71. The summed E-state index contributed by atoms with van der Waals surface area (Å²) in [6.45, 7) is 12.8. The second kappa shape index (κ2) is 8.82. The molecule has 10 atom stereocenters. The standard InChI is InChI=1S/C32H42O7/c1-8-16(2)29(35)39-24-13-23(33)32(6)22-11-19-17(3)25(18-9-10-37-14-18)21(36-7)12-20(19)31(22,5)28(34)26-27(32)30(24,4)15-38-26/h9-10,12,14,16,22-24,26-28,33-34H,8,11,13,15H2,1-7H3/t16-,22+,23+,24-,26-,27+,28-,30-,31+,32+/m1/s1. The highest BCUT2D eigenvalue weighted by molar-refractivity contribution is 5.77. The second-order valence-corrected chi connectivity index (χ2v) is 13.2. The lowest BCUT2D eigenvalue weighted by Gasteiger charge is -2.64. The van der Waals surface area contributed by atoms with Gasteiger partial charge in [-0.3, -0.25) is 4.79 Å². The first-order chi connectivity index (χ1) is 18.4. The predicted octanol–water partition coefficient (Wildman–Crippen LogP) is 4.82. The lowest BCUT2D eigenvalue weighted by atomic mass is 9.41. The second-order valence-electron chi connectivity index (χ2n) is 13.2. The van der Waals surface area contributed by atoms with Gasteiger partial charge in [0.25, 0.3) is 0 Å². The molecule has 2 aromatic rings. The molecular formula is C32H42O7. The number of hydrogen-bond donors (Lipinski definition) is 2. The number of carbonyl (C=O) groups excluding carboxylic acids is 1. The Labute approximate surface area is 230 Å². The van der Waals surface area contributed by atoms with Gasteiger partial charge in [-0.2, -0.15) is 0 Å². The average Bonchev–Trinajstić information content (AvgIpc) is 3.64. The van der Waals surface area contributed by atoms with E-state index in [1.165, 1.54) is 5.56 Å². The molecule has 39 heavy (non-hydrogen) atoms. The van der Waals surface area contributed by atoms with Crippen LogP contribution in [0.15, 0.2) is 29.1 Å². The minimum absolute atomic E-state index is 0.0403. The number of furan rings is 1. The highest BCUT2D eigenvalue weighted by Gasteiger charge is 2.75. The summed E-state index contributed by atoms with van der Waals surface area (Å²) in [5.74, 6) is 0.103. The zero-order valence-corrected chi connectivity index (χ0v) is 24.1. The smallest absolute Gasteiger partial charge is 0.308 e. The van der Waals surface area contributed by atoms with Crippen molar-refractivity contribution in [1.82, 2.24) is 0 Å². The van der Waals surface area contributed by atoms with Crippen molar-refractivity contribution in [3.8, 4) is 16.9 Å². The fraction of sp³-hybridized carbons (Fsp3) is 0.656. The quantitative estimate of drug-likeness (QED) is 0.527. The molecule has 1 aromatic carbocycles. The third-order valence-corrected chi connectivity index (χ3v) is 11.6. The van der Waals surface area contributed by atoms with Gasteiger partial charge in [0.2, 0.25) is 0 Å². The molecule has 1 aliphatic heterocycles. The zero-order chi connectivity index (χ0) is 28.1. The Morgan fingerprint density at radius 2 is 2.00 bits per heavy atom. The van der Waals surface area contributed by atoms with E-state index in [0.29, 0.717) is 19.4 Å². The molecule has 0 bridgehead atoms. The van der Waals surface area contributed by atoms with Gasteiger partial charge >= 0.3 is 5.97 Å². The van der Waals surface area contributed by atoms with Gasteiger partial charge in [0.1, 0.15) is 11.9 Å². The third kappa shape index (κ3) is 3.30. The van der Waals surface area contributed by atoms with Crippen LogP contribution in [0.4, 0.5) is 0 Å². The number of esters is 1. The van der Waals surface area contributed by atoms with E-state index in [2.05, 4.69) is 33.8 Å². The van der Waals surface area contributed by atoms with E-state index in [1.807, 2.05) is 19.9 Å². The SMILES string of the molecule is CC[C@@H](C)C(=O)O[C@@H]1C[C@H](O)[C@@]2(C)[C@H]3[C@@H](OC[C@]13C)[C@@H](O)[C@@]1(C)c3cc(OC)c(-c4ccoc4)c(C)c3C[C@@H]12. The first kappa shape index (κ1) is 26.9. The number of benzene rings is 1. The molecule has 3 fully saturated rings. The Morgan fingerprint density at radius 3 is 2.64 bits per heavy atom. The maximum Gasteiger partial charge on any atom is 0.308 e. The molecular weight excluding hydrogens is 496 g/mol. The van der Waals surface area contributed by atoms with Gasteiger partial charge in [-0.1, -0.05) is 34.6 Å². The minimum Gasteiger partial charge on any atom is -0.496 e. The number of rotatable bonds is 5. The maximum atomic E-state index is 12.9. The van der Waals surface area contributed by atoms with Gasteiger partial charge in [0.15, 0.2) is 0 Å². The van der Waals surface area contributed by atoms with Crippen molar-refractivity contribution in [2.45, 2.75) is 90.6 Å². The number of carbonyl (C=O) groups is 1. The van der Waals surface area contributed by atoms with Crippen LogP contribution in [0, 0.1) is 35.5 Å². The minimum atomic E-state index is -0.788. The summed E-state index contributed by atoms with van der Waals surface area (Å²) in [6.07, 6.45) is 2.74. The molecule has 1 aromatic heterocycles. The molecule has 0 spiro atoms. The third-order valence-electron chi connectivity index (χ3n) is 11.6. The zero-order valence-electron chi connectivity index (χ0n) is 24.1. The summed E-state index contributed by atoms with van der Waals surface area (Å²) >= 11 is 0. The Bertz CT molecular complexity index is 1290. The van der Waals surface area contributed by atoms with Crippen LogP contribution in [0.1, 0.15) is 64.2 Å². The number of aliphatic hydroxyl groups excluding tert-OH is 2. The summed E-state index contributed by atoms with van der Waals surface area (Å²) in [5, 5.41) is 24.1. The van der Waals surface area contributed by atoms with Crippen LogP contribution >= 0.6 is 0 Å². The molecule has 7 nitrogen and oxygen atoms in total. The van der Waals surface area contributed by atoms with E-state index < -0.39 is 40.7 Å². The van der Waals surface area contributed by atoms with Crippen LogP contribution in [0.25, 0.3) is 11.1 Å². The molecule has 0 radical (unpaired) electrons. The first-order valence-corrected chi connectivity index (χ1v) is 14.4. The van der Waals surface area contributed by atoms with Crippen LogP contribution in [-0.2, 0) is 26.1 Å². The van der Waals surface area contributed by atoms with Crippen molar-refractivity contribution in [3.63, 3.8) is 0 Å². The molecule has 4 aliphatic rings. The molecule has 0 unspecified atom stereocenters. The maximum absolute atomic E-state index is 12.9. The van der Waals surface area contributed by atoms with Gasteiger partial charge in [0.05, 0.1) is 50.5 Å². The molecule has 2 saturated carbocycles. The highest BCUT2D eigenvalue weighted by Crippen LogP contribution is 2.71. The summed E-state index contributed by atoms with van der Waals surface area (Å²) in [4.78, 5) is 12.9. The molecule has 2 heterocycles. The number of aliphatic hydroxyl groups is 2. The van der Waals surface area contributed by atoms with E-state index in [4.69, 9.17) is 18.6 Å². The Hall–Kier alpha value is -2.35. The number of fused-ring (bicyclic) bond motifs is 4. The molecule has 3 aliphatic carbocycles. The monoisotopic (exact) mass is 538 g/mol. The van der Waals surface area contributed by atoms with Crippen molar-refractivity contribution in [2.24, 2.45) is 28.6 Å². The van der Waals surface area contributed by atoms with Crippen molar-refractivity contribution >= 4 is 5.97 Å². The fourth-order valence-electron chi connectivity index (χ4n) is 9.13. The molecule has 6 rings (SSSR count). The highest BCUT2D eigenvalue weighted by atomic mass is 16.6. The van der Waals surface area contributed by atoms with Crippen LogP contribution < -0.4 is 4.74 Å². The topological polar surface area (TPSA) is 98.4 Å². The van der Waals surface area contributed by atoms with Gasteiger partial charge in [-0.25, -0.2) is 0 Å². The Morgan fingerprint density at radius 1 is 1.26 bits per heavy atom.